The zero-order valence-electron chi connectivity index (χ0n) is 10.9. The van der Waals surface area contributed by atoms with Crippen LogP contribution in [0.5, 0.6) is 0 Å². The molecule has 0 saturated heterocycles. The molecule has 0 aliphatic heterocycles. The standard InChI is InChI=1S/C14H11BrClN5/c15-14-5-4-11(16)6-10(14)8-17-12-2-1-3-13(7-12)21-9-18-19-20-21/h1-7,9,17H,8H2. The van der Waals surface area contributed by atoms with E-state index in [4.69, 9.17) is 11.6 Å². The molecule has 0 radical (unpaired) electrons. The minimum absolute atomic E-state index is 0.667. The number of halogens is 2. The molecule has 5 nitrogen and oxygen atoms in total. The van der Waals surface area contributed by atoms with Crippen LogP contribution in [0.2, 0.25) is 5.02 Å². The molecule has 7 heteroatoms. The van der Waals surface area contributed by atoms with Gasteiger partial charge in [-0.15, -0.1) is 5.10 Å². The molecule has 3 rings (SSSR count). The zero-order chi connectivity index (χ0) is 14.7. The number of rotatable bonds is 4. The van der Waals surface area contributed by atoms with E-state index >= 15 is 0 Å². The van der Waals surface area contributed by atoms with Crippen LogP contribution in [0.1, 0.15) is 5.56 Å². The second-order valence-electron chi connectivity index (χ2n) is 4.39. The lowest BCUT2D eigenvalue weighted by atomic mass is 10.2. The summed E-state index contributed by atoms with van der Waals surface area (Å²) in [5, 5.41) is 15.2. The summed E-state index contributed by atoms with van der Waals surface area (Å²) in [5.74, 6) is 0. The molecule has 0 fully saturated rings. The Hall–Kier alpha value is -1.92. The van der Waals surface area contributed by atoms with E-state index in [1.165, 1.54) is 0 Å². The fraction of sp³-hybridized carbons (Fsp3) is 0.0714. The number of nitrogens with zero attached hydrogens (tertiary/aromatic N) is 4. The predicted octanol–water partition coefficient (Wildman–Crippen LogP) is 3.69. The van der Waals surface area contributed by atoms with Crippen molar-refractivity contribution in [3.63, 3.8) is 0 Å². The molecular weight excluding hydrogens is 354 g/mol. The van der Waals surface area contributed by atoms with Crippen molar-refractivity contribution in [1.29, 1.82) is 0 Å². The monoisotopic (exact) mass is 363 g/mol. The predicted molar refractivity (Wildman–Crippen MR) is 85.6 cm³/mol. The van der Waals surface area contributed by atoms with Crippen LogP contribution in [0.25, 0.3) is 5.69 Å². The Morgan fingerprint density at radius 2 is 2.10 bits per heavy atom. The number of hydrogen-bond donors (Lipinski definition) is 1. The first kappa shape index (κ1) is 14.0. The van der Waals surface area contributed by atoms with Gasteiger partial charge in [0.2, 0.25) is 0 Å². The van der Waals surface area contributed by atoms with Gasteiger partial charge < -0.3 is 5.32 Å². The SMILES string of the molecule is Clc1ccc(Br)c(CNc2cccc(-n3cnnn3)c2)c1. The summed E-state index contributed by atoms with van der Waals surface area (Å²) in [7, 11) is 0. The van der Waals surface area contributed by atoms with Crippen LogP contribution in [-0.2, 0) is 6.54 Å². The maximum Gasteiger partial charge on any atom is 0.143 e. The van der Waals surface area contributed by atoms with Gasteiger partial charge in [-0.3, -0.25) is 0 Å². The third-order valence-corrected chi connectivity index (χ3v) is 3.96. The summed E-state index contributed by atoms with van der Waals surface area (Å²) in [6.07, 6.45) is 1.56. The van der Waals surface area contributed by atoms with Crippen molar-refractivity contribution in [3.8, 4) is 5.69 Å². The fourth-order valence-corrected chi connectivity index (χ4v) is 2.50. The van der Waals surface area contributed by atoms with Crippen molar-refractivity contribution in [1.82, 2.24) is 20.2 Å². The topological polar surface area (TPSA) is 55.6 Å². The molecule has 2 aromatic carbocycles. The molecule has 1 N–H and O–H groups in total. The lowest BCUT2D eigenvalue weighted by Gasteiger charge is -2.10. The Morgan fingerprint density at radius 3 is 2.90 bits per heavy atom. The largest absolute Gasteiger partial charge is 0.381 e. The zero-order valence-corrected chi connectivity index (χ0v) is 13.2. The van der Waals surface area contributed by atoms with E-state index in [0.29, 0.717) is 6.54 Å². The van der Waals surface area contributed by atoms with Crippen LogP contribution in [0.4, 0.5) is 5.69 Å². The van der Waals surface area contributed by atoms with Crippen molar-refractivity contribution in [3.05, 3.63) is 63.9 Å². The molecule has 0 aliphatic rings. The van der Waals surface area contributed by atoms with E-state index in [2.05, 4.69) is 36.8 Å². The maximum atomic E-state index is 6.02. The molecule has 0 amide bonds. The molecular formula is C14H11BrClN5. The minimum atomic E-state index is 0.667. The Kier molecular flexibility index (Phi) is 4.17. The highest BCUT2D eigenvalue weighted by atomic mass is 79.9. The smallest absolute Gasteiger partial charge is 0.143 e. The number of nitrogens with one attached hydrogen (secondary N) is 1. The summed E-state index contributed by atoms with van der Waals surface area (Å²) < 4.78 is 2.64. The molecule has 106 valence electrons. The molecule has 0 spiro atoms. The molecule has 0 atom stereocenters. The van der Waals surface area contributed by atoms with E-state index in [0.717, 1.165) is 26.4 Å². The first-order valence-corrected chi connectivity index (χ1v) is 7.41. The molecule has 1 heterocycles. The lowest BCUT2D eigenvalue weighted by Crippen LogP contribution is -2.02. The van der Waals surface area contributed by atoms with Gasteiger partial charge in [0.05, 0.1) is 5.69 Å². The quantitative estimate of drug-likeness (QED) is 0.767. The van der Waals surface area contributed by atoms with Gasteiger partial charge in [-0.25, -0.2) is 4.68 Å². The van der Waals surface area contributed by atoms with Gasteiger partial charge in [0.1, 0.15) is 6.33 Å². The van der Waals surface area contributed by atoms with Crippen LogP contribution in [0.15, 0.2) is 53.3 Å². The Labute approximate surface area is 135 Å². The maximum absolute atomic E-state index is 6.02. The van der Waals surface area contributed by atoms with E-state index < -0.39 is 0 Å². The second kappa shape index (κ2) is 6.24. The molecule has 0 bridgehead atoms. The second-order valence-corrected chi connectivity index (χ2v) is 5.68. The summed E-state index contributed by atoms with van der Waals surface area (Å²) in [6.45, 7) is 0.667. The van der Waals surface area contributed by atoms with Crippen LogP contribution in [0.3, 0.4) is 0 Å². The highest BCUT2D eigenvalue weighted by Crippen LogP contribution is 2.22. The molecule has 0 unspecified atom stereocenters. The summed E-state index contributed by atoms with van der Waals surface area (Å²) in [5.41, 5.74) is 2.97. The van der Waals surface area contributed by atoms with Crippen molar-refractivity contribution in [2.45, 2.75) is 6.54 Å². The molecule has 0 saturated carbocycles. The van der Waals surface area contributed by atoms with Crippen molar-refractivity contribution in [2.24, 2.45) is 0 Å². The van der Waals surface area contributed by atoms with E-state index in [9.17, 15) is 0 Å². The van der Waals surface area contributed by atoms with Crippen LogP contribution in [-0.4, -0.2) is 20.2 Å². The van der Waals surface area contributed by atoms with E-state index in [1.807, 2.05) is 42.5 Å². The van der Waals surface area contributed by atoms with Crippen molar-refractivity contribution < 1.29 is 0 Å². The molecule has 0 aliphatic carbocycles. The Morgan fingerprint density at radius 1 is 1.19 bits per heavy atom. The highest BCUT2D eigenvalue weighted by molar-refractivity contribution is 9.10. The summed E-state index contributed by atoms with van der Waals surface area (Å²) in [4.78, 5) is 0. The Balaban J connectivity index is 1.76. The van der Waals surface area contributed by atoms with Gasteiger partial charge in [0.15, 0.2) is 0 Å². The number of tetrazole rings is 1. The average molecular weight is 365 g/mol. The van der Waals surface area contributed by atoms with Gasteiger partial charge in [-0.05, 0) is 52.4 Å². The fourth-order valence-electron chi connectivity index (χ4n) is 1.91. The number of aromatic nitrogens is 4. The van der Waals surface area contributed by atoms with Crippen LogP contribution in [0, 0.1) is 0 Å². The average Bonchev–Trinajstić information content (AvgIpc) is 3.03. The number of benzene rings is 2. The van der Waals surface area contributed by atoms with Gasteiger partial charge in [-0.2, -0.15) is 0 Å². The lowest BCUT2D eigenvalue weighted by molar-refractivity contribution is 0.789. The summed E-state index contributed by atoms with van der Waals surface area (Å²) >= 11 is 9.54. The third kappa shape index (κ3) is 3.40. The van der Waals surface area contributed by atoms with Gasteiger partial charge in [0, 0.05) is 21.7 Å². The molecule has 3 aromatic rings. The van der Waals surface area contributed by atoms with E-state index in [1.54, 1.807) is 11.0 Å². The first-order chi connectivity index (χ1) is 10.2. The van der Waals surface area contributed by atoms with Gasteiger partial charge in [-0.1, -0.05) is 33.6 Å². The first-order valence-electron chi connectivity index (χ1n) is 6.23. The Bertz CT molecular complexity index is 745. The molecule has 1 aromatic heterocycles. The number of anilines is 1. The van der Waals surface area contributed by atoms with Crippen molar-refractivity contribution in [2.75, 3.05) is 5.32 Å². The molecule has 21 heavy (non-hydrogen) atoms. The van der Waals surface area contributed by atoms with Gasteiger partial charge in [0.25, 0.3) is 0 Å². The minimum Gasteiger partial charge on any atom is -0.381 e. The van der Waals surface area contributed by atoms with Crippen LogP contribution < -0.4 is 5.32 Å². The van der Waals surface area contributed by atoms with E-state index in [-0.39, 0.29) is 0 Å². The summed E-state index contributed by atoms with van der Waals surface area (Å²) in [6, 6.07) is 13.6. The third-order valence-electron chi connectivity index (χ3n) is 2.95. The van der Waals surface area contributed by atoms with Crippen LogP contribution >= 0.6 is 27.5 Å². The highest BCUT2D eigenvalue weighted by Gasteiger charge is 2.03. The van der Waals surface area contributed by atoms with Gasteiger partial charge >= 0.3 is 0 Å². The normalized spacial score (nSPS) is 10.6. The van der Waals surface area contributed by atoms with Crippen molar-refractivity contribution >= 4 is 33.2 Å². The number of hydrogen-bond acceptors (Lipinski definition) is 4.